The minimum atomic E-state index is -0.402. The van der Waals surface area contributed by atoms with Gasteiger partial charge in [-0.15, -0.1) is 0 Å². The van der Waals surface area contributed by atoms with Crippen LogP contribution in [0.3, 0.4) is 0 Å². The fourth-order valence-corrected chi connectivity index (χ4v) is 4.72. The number of nitrogens with zero attached hydrogens (tertiary/aromatic N) is 3. The first-order valence-electron chi connectivity index (χ1n) is 9.99. The van der Waals surface area contributed by atoms with E-state index in [1.807, 2.05) is 42.5 Å². The van der Waals surface area contributed by atoms with Crippen LogP contribution in [-0.4, -0.2) is 34.8 Å². The van der Waals surface area contributed by atoms with Crippen molar-refractivity contribution in [3.63, 3.8) is 0 Å². The summed E-state index contributed by atoms with van der Waals surface area (Å²) in [6, 6.07) is 13.0. The van der Waals surface area contributed by atoms with E-state index >= 15 is 0 Å². The largest absolute Gasteiger partial charge is 0.493 e. The van der Waals surface area contributed by atoms with E-state index in [-0.39, 0.29) is 11.7 Å². The average molecular weight is 437 g/mol. The van der Waals surface area contributed by atoms with Crippen molar-refractivity contribution in [2.45, 2.75) is 24.8 Å². The second-order valence-corrected chi connectivity index (χ2v) is 8.02. The van der Waals surface area contributed by atoms with E-state index in [9.17, 15) is 4.79 Å². The lowest BCUT2D eigenvalue weighted by atomic mass is 9.78. The number of allylic oxidation sites excluding steroid dienone is 2. The zero-order valence-corrected chi connectivity index (χ0v) is 17.9. The Labute approximate surface area is 184 Å². The van der Waals surface area contributed by atoms with Crippen LogP contribution in [0.25, 0.3) is 0 Å². The fraction of sp³-hybridized carbons (Fsp3) is 0.261. The Morgan fingerprint density at radius 1 is 1.10 bits per heavy atom. The molecular weight excluding hydrogens is 416 g/mol. The summed E-state index contributed by atoms with van der Waals surface area (Å²) < 4.78 is 12.5. The van der Waals surface area contributed by atoms with Gasteiger partial charge < -0.3 is 14.8 Å². The summed E-state index contributed by atoms with van der Waals surface area (Å²) in [5.41, 5.74) is 3.42. The zero-order chi connectivity index (χ0) is 21.5. The molecule has 3 aromatic rings. The number of ketones is 1. The first-order valence-corrected chi connectivity index (χ1v) is 10.4. The highest BCUT2D eigenvalue weighted by molar-refractivity contribution is 6.31. The third-order valence-electron chi connectivity index (χ3n) is 5.94. The molecule has 1 N–H and O–H groups in total. The van der Waals surface area contributed by atoms with E-state index in [2.05, 4.69) is 15.4 Å². The molecule has 0 bridgehead atoms. The van der Waals surface area contributed by atoms with Gasteiger partial charge in [0.25, 0.3) is 0 Å². The molecule has 1 aliphatic heterocycles. The van der Waals surface area contributed by atoms with E-state index in [4.69, 9.17) is 21.1 Å². The Morgan fingerprint density at radius 2 is 1.90 bits per heavy atom. The maximum atomic E-state index is 13.5. The lowest BCUT2D eigenvalue weighted by molar-refractivity contribution is -0.116. The lowest BCUT2D eigenvalue weighted by Gasteiger charge is -2.35. The molecule has 0 fully saturated rings. The van der Waals surface area contributed by atoms with Crippen LogP contribution in [0.4, 0.5) is 5.95 Å². The number of Topliss-reactive ketones (excluding diaryl/α,β-unsaturated/α-hetero) is 1. The van der Waals surface area contributed by atoms with Gasteiger partial charge >= 0.3 is 0 Å². The number of hydrogen-bond acceptors (Lipinski definition) is 6. The maximum Gasteiger partial charge on any atom is 0.226 e. The van der Waals surface area contributed by atoms with Crippen LogP contribution in [0.5, 0.6) is 11.5 Å². The molecule has 1 aliphatic carbocycles. The topological polar surface area (TPSA) is 78.3 Å². The number of ether oxygens (including phenoxy) is 2. The van der Waals surface area contributed by atoms with Gasteiger partial charge in [0.15, 0.2) is 17.3 Å². The van der Waals surface area contributed by atoms with Gasteiger partial charge in [-0.1, -0.05) is 35.9 Å². The summed E-state index contributed by atoms with van der Waals surface area (Å²) in [7, 11) is 3.22. The number of nitrogens with one attached hydrogen (secondary N) is 1. The Morgan fingerprint density at radius 3 is 2.68 bits per heavy atom. The number of anilines is 1. The van der Waals surface area contributed by atoms with Crippen molar-refractivity contribution in [2.24, 2.45) is 0 Å². The van der Waals surface area contributed by atoms with Crippen molar-refractivity contribution in [1.29, 1.82) is 0 Å². The standard InChI is InChI=1S/C23H21ClN4O3/c1-30-19-8-7-13(11-20(19)31-2)14-9-17-21(18(29)10-14)22(15-5-3-4-6-16(15)24)28-23(27-17)25-12-26-28/h3-8,11-12,14,22H,9-10H2,1-2H3,(H,25,26,27). The van der Waals surface area contributed by atoms with E-state index in [0.717, 1.165) is 16.8 Å². The van der Waals surface area contributed by atoms with E-state index < -0.39 is 6.04 Å². The Hall–Kier alpha value is -3.32. The molecule has 158 valence electrons. The first kappa shape index (κ1) is 19.6. The molecule has 0 radical (unpaired) electrons. The number of carbonyl (C=O) groups is 1. The zero-order valence-electron chi connectivity index (χ0n) is 17.1. The summed E-state index contributed by atoms with van der Waals surface area (Å²) in [4.78, 5) is 17.8. The van der Waals surface area contributed by atoms with Crippen LogP contribution in [0.15, 0.2) is 60.1 Å². The number of aromatic nitrogens is 3. The Kier molecular flexibility index (Phi) is 4.90. The molecule has 0 amide bonds. The van der Waals surface area contributed by atoms with E-state index in [0.29, 0.717) is 40.9 Å². The molecule has 2 aliphatic rings. The normalized spacial score (nSPS) is 20.0. The van der Waals surface area contributed by atoms with Gasteiger partial charge in [-0.05, 0) is 36.1 Å². The van der Waals surface area contributed by atoms with Crippen molar-refractivity contribution in [3.8, 4) is 11.5 Å². The molecule has 0 saturated carbocycles. The third-order valence-corrected chi connectivity index (χ3v) is 6.28. The molecule has 0 spiro atoms. The second kappa shape index (κ2) is 7.74. The molecule has 8 heteroatoms. The van der Waals surface area contributed by atoms with Crippen LogP contribution in [0, 0.1) is 0 Å². The van der Waals surface area contributed by atoms with Gasteiger partial charge in [-0.25, -0.2) is 4.68 Å². The van der Waals surface area contributed by atoms with Crippen molar-refractivity contribution in [2.75, 3.05) is 19.5 Å². The van der Waals surface area contributed by atoms with Gasteiger partial charge in [0.05, 0.1) is 14.2 Å². The Balaban J connectivity index is 1.57. The minimum Gasteiger partial charge on any atom is -0.493 e. The van der Waals surface area contributed by atoms with Gasteiger partial charge in [0.2, 0.25) is 5.95 Å². The summed E-state index contributed by atoms with van der Waals surface area (Å²) in [6.45, 7) is 0. The molecule has 5 rings (SSSR count). The molecule has 31 heavy (non-hydrogen) atoms. The van der Waals surface area contributed by atoms with Crippen molar-refractivity contribution in [1.82, 2.24) is 14.8 Å². The highest BCUT2D eigenvalue weighted by atomic mass is 35.5. The number of methoxy groups -OCH3 is 2. The van der Waals surface area contributed by atoms with Crippen molar-refractivity contribution < 1.29 is 14.3 Å². The summed E-state index contributed by atoms with van der Waals surface area (Å²) >= 11 is 6.51. The Bertz CT molecular complexity index is 1200. The van der Waals surface area contributed by atoms with Crippen LogP contribution in [0.2, 0.25) is 5.02 Å². The molecule has 1 aromatic heterocycles. The molecule has 2 atom stereocenters. The predicted molar refractivity (Wildman–Crippen MR) is 117 cm³/mol. The van der Waals surface area contributed by atoms with Crippen LogP contribution < -0.4 is 14.8 Å². The smallest absolute Gasteiger partial charge is 0.226 e. The maximum absolute atomic E-state index is 13.5. The SMILES string of the molecule is COc1ccc(C2CC(=O)C3=C(C2)Nc2ncnn2C3c2ccccc2Cl)cc1OC. The highest BCUT2D eigenvalue weighted by Gasteiger charge is 2.40. The number of carbonyl (C=O) groups excluding carboxylic acids is 1. The molecular formula is C23H21ClN4O3. The number of halogens is 1. The van der Waals surface area contributed by atoms with Gasteiger partial charge in [-0.2, -0.15) is 10.1 Å². The quantitative estimate of drug-likeness (QED) is 0.654. The van der Waals surface area contributed by atoms with E-state index in [1.165, 1.54) is 6.33 Å². The predicted octanol–water partition coefficient (Wildman–Crippen LogP) is 4.36. The van der Waals surface area contributed by atoms with Gasteiger partial charge in [0.1, 0.15) is 12.4 Å². The van der Waals surface area contributed by atoms with Crippen molar-refractivity contribution >= 4 is 23.3 Å². The average Bonchev–Trinajstić information content (AvgIpc) is 3.26. The highest BCUT2D eigenvalue weighted by Crippen LogP contribution is 2.45. The number of hydrogen-bond donors (Lipinski definition) is 1. The molecule has 7 nitrogen and oxygen atoms in total. The summed E-state index contributed by atoms with van der Waals surface area (Å²) in [6.07, 6.45) is 2.55. The summed E-state index contributed by atoms with van der Waals surface area (Å²) in [5, 5.41) is 8.29. The van der Waals surface area contributed by atoms with Gasteiger partial charge in [-0.3, -0.25) is 4.79 Å². The van der Waals surface area contributed by atoms with Crippen LogP contribution in [0.1, 0.15) is 35.9 Å². The second-order valence-electron chi connectivity index (χ2n) is 7.61. The van der Waals surface area contributed by atoms with Crippen LogP contribution in [-0.2, 0) is 4.79 Å². The fourth-order valence-electron chi connectivity index (χ4n) is 4.48. The van der Waals surface area contributed by atoms with Crippen molar-refractivity contribution in [3.05, 3.63) is 76.2 Å². The monoisotopic (exact) mass is 436 g/mol. The summed E-state index contributed by atoms with van der Waals surface area (Å²) in [5.74, 6) is 2.00. The van der Waals surface area contributed by atoms with E-state index in [1.54, 1.807) is 18.9 Å². The number of fused-ring (bicyclic) bond motifs is 1. The van der Waals surface area contributed by atoms with Crippen LogP contribution >= 0.6 is 11.6 Å². The molecule has 0 saturated heterocycles. The third kappa shape index (κ3) is 3.25. The number of rotatable bonds is 4. The van der Waals surface area contributed by atoms with Gasteiger partial charge in [0, 0.05) is 28.3 Å². The molecule has 2 heterocycles. The first-order chi connectivity index (χ1) is 15.1. The molecule has 2 aromatic carbocycles. The lowest BCUT2D eigenvalue weighted by Crippen LogP contribution is -2.33. The number of benzene rings is 2. The minimum absolute atomic E-state index is 0.0138. The molecule has 2 unspecified atom stereocenters.